The molecule has 1 heterocycles. The lowest BCUT2D eigenvalue weighted by molar-refractivity contribution is -0.120. The molecular weight excluding hydrogens is 316 g/mol. The highest BCUT2D eigenvalue weighted by Crippen LogP contribution is 2.29. The fourth-order valence-corrected chi connectivity index (χ4v) is 4.47. The molecule has 1 N–H and O–H groups in total. The molecule has 1 amide bonds. The molecule has 0 aliphatic rings. The van der Waals surface area contributed by atoms with Gasteiger partial charge in [0.1, 0.15) is 9.77 Å². The lowest BCUT2D eigenvalue weighted by Gasteiger charge is -2.17. The molecule has 0 aliphatic carbocycles. The Morgan fingerprint density at radius 3 is 2.57 bits per heavy atom. The maximum atomic E-state index is 12.5. The zero-order valence-corrected chi connectivity index (χ0v) is 13.9. The number of hydrogen-bond donors (Lipinski definition) is 1. The number of sulfonamides is 1. The van der Waals surface area contributed by atoms with E-state index in [1.807, 2.05) is 0 Å². The van der Waals surface area contributed by atoms with Crippen molar-refractivity contribution >= 4 is 33.2 Å². The molecule has 0 aliphatic heterocycles. The highest BCUT2D eigenvalue weighted by molar-refractivity contribution is 7.89. The van der Waals surface area contributed by atoms with Crippen LogP contribution < -0.4 is 5.32 Å². The largest absolute Gasteiger partial charge is 0.465 e. The second-order valence-electron chi connectivity index (χ2n) is 4.32. The summed E-state index contributed by atoms with van der Waals surface area (Å²) in [6.45, 7) is 1.64. The molecule has 9 heteroatoms. The first-order valence-corrected chi connectivity index (χ1v) is 8.41. The Bertz CT molecular complexity index is 636. The van der Waals surface area contributed by atoms with Crippen molar-refractivity contribution in [2.45, 2.75) is 18.2 Å². The Kier molecular flexibility index (Phi) is 5.87. The van der Waals surface area contributed by atoms with Crippen LogP contribution in [0.1, 0.15) is 21.7 Å². The third-order valence-corrected chi connectivity index (χ3v) is 6.14. The summed E-state index contributed by atoms with van der Waals surface area (Å²) in [6, 6.07) is 0. The van der Waals surface area contributed by atoms with Gasteiger partial charge in [-0.1, -0.05) is 0 Å². The third kappa shape index (κ3) is 3.80. The highest BCUT2D eigenvalue weighted by Gasteiger charge is 2.30. The number of amides is 1. The molecule has 1 rings (SSSR count). The van der Waals surface area contributed by atoms with Crippen LogP contribution in [0.5, 0.6) is 0 Å². The van der Waals surface area contributed by atoms with Crippen molar-refractivity contribution in [2.24, 2.45) is 0 Å². The Hall–Kier alpha value is -1.45. The molecule has 7 nitrogen and oxygen atoms in total. The Morgan fingerprint density at radius 1 is 1.43 bits per heavy atom. The normalized spacial score (nSPS) is 11.5. The molecule has 1 aromatic rings. The van der Waals surface area contributed by atoms with Crippen molar-refractivity contribution in [3.63, 3.8) is 0 Å². The summed E-state index contributed by atoms with van der Waals surface area (Å²) in [5.74, 6) is -0.946. The SMILES string of the molecule is CNC(=O)CCN(C)S(=O)(=O)c1c(C)csc1C(=O)OC. The fraction of sp³-hybridized carbons (Fsp3) is 0.500. The number of thiophene rings is 1. The van der Waals surface area contributed by atoms with Crippen LogP contribution in [0.2, 0.25) is 0 Å². The molecule has 0 saturated carbocycles. The van der Waals surface area contributed by atoms with Crippen LogP contribution in [0, 0.1) is 6.92 Å². The molecule has 0 saturated heterocycles. The van der Waals surface area contributed by atoms with E-state index in [2.05, 4.69) is 10.1 Å². The zero-order chi connectivity index (χ0) is 16.2. The van der Waals surface area contributed by atoms with Gasteiger partial charge < -0.3 is 10.1 Å². The topological polar surface area (TPSA) is 92.8 Å². The van der Waals surface area contributed by atoms with E-state index in [1.165, 1.54) is 21.2 Å². The molecule has 0 atom stereocenters. The van der Waals surface area contributed by atoms with Crippen molar-refractivity contribution in [1.29, 1.82) is 0 Å². The van der Waals surface area contributed by atoms with Gasteiger partial charge in [-0.3, -0.25) is 4.79 Å². The quantitative estimate of drug-likeness (QED) is 0.769. The van der Waals surface area contributed by atoms with Gasteiger partial charge in [0.15, 0.2) is 0 Å². The molecule has 0 bridgehead atoms. The maximum Gasteiger partial charge on any atom is 0.349 e. The second kappa shape index (κ2) is 7.01. The van der Waals surface area contributed by atoms with Crippen molar-refractivity contribution < 1.29 is 22.7 Å². The highest BCUT2D eigenvalue weighted by atomic mass is 32.2. The van der Waals surface area contributed by atoms with Crippen molar-refractivity contribution in [3.05, 3.63) is 15.8 Å². The summed E-state index contributed by atoms with van der Waals surface area (Å²) in [4.78, 5) is 22.9. The van der Waals surface area contributed by atoms with Crippen LogP contribution in [-0.2, 0) is 19.6 Å². The summed E-state index contributed by atoms with van der Waals surface area (Å²) in [7, 11) is 0.197. The van der Waals surface area contributed by atoms with Gasteiger partial charge in [0.25, 0.3) is 0 Å². The Balaban J connectivity index is 3.10. The number of aryl methyl sites for hydroxylation is 1. The van der Waals surface area contributed by atoms with Gasteiger partial charge in [-0.2, -0.15) is 0 Å². The summed E-state index contributed by atoms with van der Waals surface area (Å²) in [6.07, 6.45) is 0.0446. The zero-order valence-electron chi connectivity index (χ0n) is 12.3. The first kappa shape index (κ1) is 17.6. The van der Waals surface area contributed by atoms with Crippen molar-refractivity contribution in [2.75, 3.05) is 27.7 Å². The monoisotopic (exact) mass is 334 g/mol. The molecular formula is C12H18N2O5S2. The number of rotatable bonds is 6. The lowest BCUT2D eigenvalue weighted by Crippen LogP contribution is -2.32. The number of methoxy groups -OCH3 is 1. The van der Waals surface area contributed by atoms with Gasteiger partial charge in [0.2, 0.25) is 15.9 Å². The summed E-state index contributed by atoms with van der Waals surface area (Å²) >= 11 is 1.02. The summed E-state index contributed by atoms with van der Waals surface area (Å²) < 4.78 is 30.8. The molecule has 21 heavy (non-hydrogen) atoms. The average Bonchev–Trinajstić information content (AvgIpc) is 2.85. The number of ether oxygens (including phenoxy) is 1. The predicted octanol–water partition coefficient (Wildman–Crippen LogP) is 0.600. The van der Waals surface area contributed by atoms with E-state index in [4.69, 9.17) is 0 Å². The van der Waals surface area contributed by atoms with E-state index in [-0.39, 0.29) is 28.6 Å². The van der Waals surface area contributed by atoms with Crippen LogP contribution in [0.4, 0.5) is 0 Å². The van der Waals surface area contributed by atoms with Crippen LogP contribution in [0.3, 0.4) is 0 Å². The Morgan fingerprint density at radius 2 is 2.05 bits per heavy atom. The van der Waals surface area contributed by atoms with Crippen molar-refractivity contribution in [1.82, 2.24) is 9.62 Å². The molecule has 0 fully saturated rings. The van der Waals surface area contributed by atoms with Gasteiger partial charge in [-0.25, -0.2) is 17.5 Å². The first-order chi connectivity index (χ1) is 9.75. The molecule has 0 unspecified atom stereocenters. The van der Waals surface area contributed by atoms with Crippen LogP contribution >= 0.6 is 11.3 Å². The van der Waals surface area contributed by atoms with Gasteiger partial charge in [0, 0.05) is 27.1 Å². The van der Waals surface area contributed by atoms with E-state index in [1.54, 1.807) is 12.3 Å². The van der Waals surface area contributed by atoms with E-state index >= 15 is 0 Å². The molecule has 118 valence electrons. The van der Waals surface area contributed by atoms with Gasteiger partial charge >= 0.3 is 5.97 Å². The van der Waals surface area contributed by atoms with Gasteiger partial charge in [0.05, 0.1) is 7.11 Å². The standard InChI is InChI=1S/C12H18N2O5S2/c1-8-7-20-10(12(16)19-4)11(8)21(17,18)14(3)6-5-9(15)13-2/h7H,5-6H2,1-4H3,(H,13,15). The predicted molar refractivity (Wildman–Crippen MR) is 78.9 cm³/mol. The molecule has 1 aromatic heterocycles. The Labute approximate surface area is 127 Å². The lowest BCUT2D eigenvalue weighted by atomic mass is 10.3. The van der Waals surface area contributed by atoms with Gasteiger partial charge in [-0.05, 0) is 17.9 Å². The molecule has 0 spiro atoms. The van der Waals surface area contributed by atoms with Crippen LogP contribution in [-0.4, -0.2) is 52.3 Å². The minimum Gasteiger partial charge on any atom is -0.465 e. The molecule has 0 radical (unpaired) electrons. The summed E-state index contributed by atoms with van der Waals surface area (Å²) in [5.41, 5.74) is 0.479. The minimum absolute atomic E-state index is 0.0257. The fourth-order valence-electron chi connectivity index (χ4n) is 1.65. The number of carbonyl (C=O) groups excluding carboxylic acids is 2. The summed E-state index contributed by atoms with van der Waals surface area (Å²) in [5, 5.41) is 4.01. The maximum absolute atomic E-state index is 12.5. The number of nitrogens with zero attached hydrogens (tertiary/aromatic N) is 1. The van der Waals surface area contributed by atoms with E-state index < -0.39 is 16.0 Å². The van der Waals surface area contributed by atoms with E-state index in [9.17, 15) is 18.0 Å². The smallest absolute Gasteiger partial charge is 0.349 e. The number of esters is 1. The second-order valence-corrected chi connectivity index (χ2v) is 7.18. The number of hydrogen-bond acceptors (Lipinski definition) is 6. The van der Waals surface area contributed by atoms with Crippen LogP contribution in [0.25, 0.3) is 0 Å². The average molecular weight is 334 g/mol. The first-order valence-electron chi connectivity index (χ1n) is 6.09. The minimum atomic E-state index is -3.85. The molecule has 0 aromatic carbocycles. The third-order valence-electron chi connectivity index (χ3n) is 2.89. The van der Waals surface area contributed by atoms with E-state index in [0.717, 1.165) is 15.6 Å². The van der Waals surface area contributed by atoms with Crippen molar-refractivity contribution in [3.8, 4) is 0 Å². The number of nitrogens with one attached hydrogen (secondary N) is 1. The van der Waals surface area contributed by atoms with Gasteiger partial charge in [-0.15, -0.1) is 11.3 Å². The number of carbonyl (C=O) groups is 2. The van der Waals surface area contributed by atoms with Crippen LogP contribution in [0.15, 0.2) is 10.3 Å². The van der Waals surface area contributed by atoms with E-state index in [0.29, 0.717) is 5.56 Å².